The van der Waals surface area contributed by atoms with Gasteiger partial charge in [-0.05, 0) is 42.7 Å². The van der Waals surface area contributed by atoms with Crippen LogP contribution in [0.5, 0.6) is 0 Å². The molecule has 3 rings (SSSR count). The van der Waals surface area contributed by atoms with Gasteiger partial charge < -0.3 is 9.88 Å². The van der Waals surface area contributed by atoms with Gasteiger partial charge in [-0.15, -0.1) is 12.4 Å². The van der Waals surface area contributed by atoms with E-state index in [1.165, 1.54) is 16.5 Å². The van der Waals surface area contributed by atoms with Crippen molar-refractivity contribution in [3.63, 3.8) is 0 Å². The lowest BCUT2D eigenvalue weighted by molar-refractivity contribution is 0.535. The Bertz CT molecular complexity index is 842. The summed E-state index contributed by atoms with van der Waals surface area (Å²) >= 11 is 12.4. The molecule has 1 aromatic heterocycles. The van der Waals surface area contributed by atoms with Crippen molar-refractivity contribution in [2.75, 3.05) is 0 Å². The average molecular weight is 398 g/mol. The van der Waals surface area contributed by atoms with Crippen molar-refractivity contribution in [1.82, 2.24) is 9.88 Å². The maximum absolute atomic E-state index is 6.35. The summed E-state index contributed by atoms with van der Waals surface area (Å²) in [5, 5.41) is 6.24. The van der Waals surface area contributed by atoms with E-state index in [1.807, 2.05) is 12.1 Å². The third kappa shape index (κ3) is 4.71. The van der Waals surface area contributed by atoms with Crippen molar-refractivity contribution in [1.29, 1.82) is 0 Å². The molecule has 25 heavy (non-hydrogen) atoms. The number of rotatable bonds is 6. The Balaban J connectivity index is 0.00000225. The zero-order valence-electron chi connectivity index (χ0n) is 14.4. The highest BCUT2D eigenvalue weighted by Crippen LogP contribution is 2.26. The van der Waals surface area contributed by atoms with Crippen LogP contribution in [0.4, 0.5) is 0 Å². The number of nitrogens with zero attached hydrogens (tertiary/aromatic N) is 1. The van der Waals surface area contributed by atoms with Gasteiger partial charge in [-0.3, -0.25) is 0 Å². The fourth-order valence-electron chi connectivity index (χ4n) is 2.86. The van der Waals surface area contributed by atoms with Crippen LogP contribution >= 0.6 is 35.6 Å². The molecule has 5 heteroatoms. The molecule has 1 heterocycles. The van der Waals surface area contributed by atoms with Gasteiger partial charge in [0.25, 0.3) is 0 Å². The fourth-order valence-corrected chi connectivity index (χ4v) is 3.32. The van der Waals surface area contributed by atoms with E-state index in [2.05, 4.69) is 54.2 Å². The minimum atomic E-state index is 0. The van der Waals surface area contributed by atoms with Crippen LogP contribution in [0, 0.1) is 0 Å². The molecule has 2 aromatic carbocycles. The molecule has 3 aromatic rings. The molecule has 0 aliphatic rings. The fraction of sp³-hybridized carbons (Fsp3) is 0.300. The maximum atomic E-state index is 6.35. The molecule has 0 saturated heterocycles. The average Bonchev–Trinajstić information content (AvgIpc) is 2.93. The summed E-state index contributed by atoms with van der Waals surface area (Å²) in [7, 11) is 0. The third-order valence-corrected chi connectivity index (χ3v) is 5.07. The molecule has 1 unspecified atom stereocenters. The lowest BCUT2D eigenvalue weighted by atomic mass is 10.1. The van der Waals surface area contributed by atoms with Gasteiger partial charge >= 0.3 is 0 Å². The van der Waals surface area contributed by atoms with Crippen LogP contribution in [0.2, 0.25) is 10.0 Å². The van der Waals surface area contributed by atoms with Crippen LogP contribution in [0.1, 0.15) is 31.4 Å². The van der Waals surface area contributed by atoms with Gasteiger partial charge in [0.15, 0.2) is 0 Å². The second-order valence-corrected chi connectivity index (χ2v) is 7.07. The highest BCUT2D eigenvalue weighted by atomic mass is 35.5. The van der Waals surface area contributed by atoms with Gasteiger partial charge in [0.05, 0.1) is 0 Å². The smallest absolute Gasteiger partial charge is 0.0491 e. The second kappa shape index (κ2) is 8.95. The second-order valence-electron chi connectivity index (χ2n) is 6.23. The zero-order valence-corrected chi connectivity index (χ0v) is 16.8. The predicted molar refractivity (Wildman–Crippen MR) is 111 cm³/mol. The van der Waals surface area contributed by atoms with E-state index in [9.17, 15) is 0 Å². The molecule has 0 amide bonds. The van der Waals surface area contributed by atoms with Gasteiger partial charge in [0.1, 0.15) is 0 Å². The Morgan fingerprint density at radius 2 is 1.84 bits per heavy atom. The molecule has 1 N–H and O–H groups in total. The van der Waals surface area contributed by atoms with E-state index >= 15 is 0 Å². The lowest BCUT2D eigenvalue weighted by Crippen LogP contribution is -2.24. The van der Waals surface area contributed by atoms with E-state index in [1.54, 1.807) is 6.07 Å². The predicted octanol–water partition coefficient (Wildman–Crippen LogP) is 6.31. The van der Waals surface area contributed by atoms with Crippen molar-refractivity contribution < 1.29 is 0 Å². The number of fused-ring (bicyclic) bond motifs is 1. The number of hydrogen-bond donors (Lipinski definition) is 1. The molecular weight excluding hydrogens is 375 g/mol. The third-order valence-electron chi connectivity index (χ3n) is 4.48. The van der Waals surface area contributed by atoms with E-state index in [-0.39, 0.29) is 12.4 Å². The highest BCUT2D eigenvalue weighted by Gasteiger charge is 2.10. The Hall–Kier alpha value is -1.19. The molecule has 0 saturated carbocycles. The first-order valence-electron chi connectivity index (χ1n) is 8.32. The summed E-state index contributed by atoms with van der Waals surface area (Å²) in [6, 6.07) is 14.7. The molecule has 0 bridgehead atoms. The topological polar surface area (TPSA) is 17.0 Å². The van der Waals surface area contributed by atoms with Crippen molar-refractivity contribution in [2.45, 2.75) is 39.4 Å². The SMILES string of the molecule is CCC(C)NCc1cn(Cc2ccc(Cl)cc2Cl)c2ccccc12.Cl. The largest absolute Gasteiger partial charge is 0.343 e. The molecule has 0 aliphatic carbocycles. The van der Waals surface area contributed by atoms with Crippen LogP contribution in [-0.2, 0) is 13.1 Å². The maximum Gasteiger partial charge on any atom is 0.0491 e. The first-order chi connectivity index (χ1) is 11.6. The van der Waals surface area contributed by atoms with Gasteiger partial charge in [-0.1, -0.05) is 54.4 Å². The zero-order chi connectivity index (χ0) is 17.1. The molecule has 0 aliphatic heterocycles. The number of para-hydroxylation sites is 1. The summed E-state index contributed by atoms with van der Waals surface area (Å²) in [4.78, 5) is 0. The quantitative estimate of drug-likeness (QED) is 0.516. The highest BCUT2D eigenvalue weighted by molar-refractivity contribution is 6.35. The molecule has 0 spiro atoms. The van der Waals surface area contributed by atoms with Crippen molar-refractivity contribution in [3.05, 3.63) is 69.8 Å². The van der Waals surface area contributed by atoms with Gasteiger partial charge in [0, 0.05) is 46.3 Å². The molecule has 0 fully saturated rings. The van der Waals surface area contributed by atoms with Crippen LogP contribution in [-0.4, -0.2) is 10.6 Å². The summed E-state index contributed by atoms with van der Waals surface area (Å²) in [5.41, 5.74) is 3.61. The van der Waals surface area contributed by atoms with Crippen LogP contribution in [0.15, 0.2) is 48.7 Å². The molecule has 1 atom stereocenters. The van der Waals surface area contributed by atoms with E-state index < -0.39 is 0 Å². The number of halogens is 3. The summed E-state index contributed by atoms with van der Waals surface area (Å²) in [5.74, 6) is 0. The first-order valence-corrected chi connectivity index (χ1v) is 9.08. The molecule has 2 nitrogen and oxygen atoms in total. The Kier molecular flexibility index (Phi) is 7.21. The summed E-state index contributed by atoms with van der Waals surface area (Å²) in [6.45, 7) is 6.02. The Morgan fingerprint density at radius 3 is 2.56 bits per heavy atom. The molecule has 0 radical (unpaired) electrons. The number of hydrogen-bond acceptors (Lipinski definition) is 1. The van der Waals surface area contributed by atoms with Crippen molar-refractivity contribution in [2.24, 2.45) is 0 Å². The minimum absolute atomic E-state index is 0. The van der Waals surface area contributed by atoms with Gasteiger partial charge in [-0.2, -0.15) is 0 Å². The van der Waals surface area contributed by atoms with Crippen LogP contribution < -0.4 is 5.32 Å². The number of aromatic nitrogens is 1. The summed E-state index contributed by atoms with van der Waals surface area (Å²) in [6.07, 6.45) is 3.35. The number of benzene rings is 2. The van der Waals surface area contributed by atoms with E-state index in [4.69, 9.17) is 23.2 Å². The minimum Gasteiger partial charge on any atom is -0.343 e. The Labute approximate surface area is 165 Å². The monoisotopic (exact) mass is 396 g/mol. The first kappa shape index (κ1) is 20.1. The van der Waals surface area contributed by atoms with Crippen LogP contribution in [0.25, 0.3) is 10.9 Å². The molecule has 134 valence electrons. The van der Waals surface area contributed by atoms with E-state index in [0.717, 1.165) is 25.1 Å². The van der Waals surface area contributed by atoms with Crippen molar-refractivity contribution >= 4 is 46.5 Å². The van der Waals surface area contributed by atoms with Crippen LogP contribution in [0.3, 0.4) is 0 Å². The van der Waals surface area contributed by atoms with Gasteiger partial charge in [-0.25, -0.2) is 0 Å². The van der Waals surface area contributed by atoms with Gasteiger partial charge in [0.2, 0.25) is 0 Å². The summed E-state index contributed by atoms with van der Waals surface area (Å²) < 4.78 is 2.26. The normalized spacial score (nSPS) is 12.2. The Morgan fingerprint density at radius 1 is 1.08 bits per heavy atom. The number of nitrogens with one attached hydrogen (secondary N) is 1. The van der Waals surface area contributed by atoms with E-state index in [0.29, 0.717) is 16.1 Å². The standard InChI is InChI=1S/C20H22Cl2N2.ClH/c1-3-14(2)23-11-16-13-24(20-7-5-4-6-18(16)20)12-15-8-9-17(21)10-19(15)22;/h4-10,13-14,23H,3,11-12H2,1-2H3;1H. The lowest BCUT2D eigenvalue weighted by Gasteiger charge is -2.10. The molecular formula is C20H23Cl3N2. The van der Waals surface area contributed by atoms with Crippen molar-refractivity contribution in [3.8, 4) is 0 Å².